The van der Waals surface area contributed by atoms with Gasteiger partial charge in [-0.15, -0.1) is 11.8 Å². The zero-order chi connectivity index (χ0) is 17.4. The van der Waals surface area contributed by atoms with Crippen LogP contribution in [0, 0.1) is 0 Å². The topological polar surface area (TPSA) is 47.6 Å². The van der Waals surface area contributed by atoms with E-state index in [-0.39, 0.29) is 5.91 Å². The summed E-state index contributed by atoms with van der Waals surface area (Å²) in [5, 5.41) is 2.92. The molecule has 6 heteroatoms. The molecule has 0 aromatic heterocycles. The number of benzene rings is 2. The molecule has 0 aliphatic heterocycles. The predicted molar refractivity (Wildman–Crippen MR) is 102 cm³/mol. The van der Waals surface area contributed by atoms with Gasteiger partial charge in [0.15, 0.2) is 0 Å². The molecule has 0 fully saturated rings. The average molecular weight is 410 g/mol. The van der Waals surface area contributed by atoms with Gasteiger partial charge < -0.3 is 14.8 Å². The summed E-state index contributed by atoms with van der Waals surface area (Å²) in [5.41, 5.74) is 2.11. The van der Waals surface area contributed by atoms with Gasteiger partial charge in [0.1, 0.15) is 11.5 Å². The van der Waals surface area contributed by atoms with Crippen LogP contribution in [0.4, 0.5) is 0 Å². The van der Waals surface area contributed by atoms with Crippen molar-refractivity contribution in [2.24, 2.45) is 0 Å². The van der Waals surface area contributed by atoms with Crippen LogP contribution in [-0.4, -0.2) is 25.9 Å². The fraction of sp³-hybridized carbons (Fsp3) is 0.278. The van der Waals surface area contributed by atoms with Crippen LogP contribution in [0.25, 0.3) is 0 Å². The number of hydrogen-bond acceptors (Lipinski definition) is 4. The fourth-order valence-corrected chi connectivity index (χ4v) is 3.35. The van der Waals surface area contributed by atoms with Crippen molar-refractivity contribution in [2.75, 3.05) is 20.0 Å². The first-order valence-corrected chi connectivity index (χ1v) is 9.37. The van der Waals surface area contributed by atoms with Gasteiger partial charge in [-0.3, -0.25) is 4.79 Å². The van der Waals surface area contributed by atoms with E-state index in [9.17, 15) is 4.79 Å². The van der Waals surface area contributed by atoms with Crippen LogP contribution >= 0.6 is 27.7 Å². The highest BCUT2D eigenvalue weighted by atomic mass is 79.9. The Morgan fingerprint density at radius 2 is 1.88 bits per heavy atom. The van der Waals surface area contributed by atoms with Gasteiger partial charge in [-0.1, -0.05) is 28.1 Å². The molecule has 2 rings (SSSR count). The standard InChI is InChI=1S/C18H20BrNO3S/c1-22-16-6-3-13(4-7-16)10-20-18(21)12-24-11-14-9-15(19)5-8-17(14)23-2/h3-9H,10-12H2,1-2H3,(H,20,21). The van der Waals surface area contributed by atoms with E-state index in [1.807, 2.05) is 42.5 Å². The van der Waals surface area contributed by atoms with E-state index in [2.05, 4.69) is 21.2 Å². The third-order valence-corrected chi connectivity index (χ3v) is 4.86. The Balaban J connectivity index is 1.76. The number of carbonyl (C=O) groups is 1. The lowest BCUT2D eigenvalue weighted by Gasteiger charge is -2.09. The van der Waals surface area contributed by atoms with Gasteiger partial charge in [0.25, 0.3) is 0 Å². The van der Waals surface area contributed by atoms with Crippen molar-refractivity contribution in [3.05, 3.63) is 58.1 Å². The highest BCUT2D eigenvalue weighted by Crippen LogP contribution is 2.26. The molecule has 2 aromatic carbocycles. The highest BCUT2D eigenvalue weighted by Gasteiger charge is 2.07. The normalized spacial score (nSPS) is 10.3. The second-order valence-corrected chi connectivity index (χ2v) is 6.98. The molecule has 0 spiro atoms. The van der Waals surface area contributed by atoms with Crippen molar-refractivity contribution >= 4 is 33.6 Å². The van der Waals surface area contributed by atoms with E-state index in [1.165, 1.54) is 0 Å². The first kappa shape index (κ1) is 18.7. The molecule has 0 saturated carbocycles. The van der Waals surface area contributed by atoms with Gasteiger partial charge in [-0.2, -0.15) is 0 Å². The van der Waals surface area contributed by atoms with Crippen molar-refractivity contribution < 1.29 is 14.3 Å². The Hall–Kier alpha value is -1.66. The van der Waals surface area contributed by atoms with Crippen LogP contribution in [0.2, 0.25) is 0 Å². The van der Waals surface area contributed by atoms with E-state index in [0.717, 1.165) is 32.9 Å². The van der Waals surface area contributed by atoms with Gasteiger partial charge >= 0.3 is 0 Å². The number of ether oxygens (including phenoxy) is 2. The molecule has 0 unspecified atom stereocenters. The second-order valence-electron chi connectivity index (χ2n) is 5.07. The number of methoxy groups -OCH3 is 2. The van der Waals surface area contributed by atoms with Crippen molar-refractivity contribution in [2.45, 2.75) is 12.3 Å². The molecule has 0 heterocycles. The number of halogens is 1. The molecule has 0 radical (unpaired) electrons. The first-order valence-electron chi connectivity index (χ1n) is 7.42. The van der Waals surface area contributed by atoms with Crippen molar-refractivity contribution in [3.63, 3.8) is 0 Å². The zero-order valence-electron chi connectivity index (χ0n) is 13.7. The Labute approximate surface area is 155 Å². The molecule has 4 nitrogen and oxygen atoms in total. The Morgan fingerprint density at radius 3 is 2.54 bits per heavy atom. The van der Waals surface area contributed by atoms with Gasteiger partial charge in [0.05, 0.1) is 20.0 Å². The SMILES string of the molecule is COc1ccc(CNC(=O)CSCc2cc(Br)ccc2OC)cc1. The summed E-state index contributed by atoms with van der Waals surface area (Å²) in [6.07, 6.45) is 0. The van der Waals surface area contributed by atoms with Crippen molar-refractivity contribution in [1.82, 2.24) is 5.32 Å². The average Bonchev–Trinajstić information content (AvgIpc) is 2.60. The molecule has 1 N–H and O–H groups in total. The Kier molecular flexibility index (Phi) is 7.46. The summed E-state index contributed by atoms with van der Waals surface area (Å²) in [6.45, 7) is 0.517. The van der Waals surface area contributed by atoms with Gasteiger partial charge in [-0.05, 0) is 35.9 Å². The van der Waals surface area contributed by atoms with E-state index >= 15 is 0 Å². The molecule has 1 amide bonds. The zero-order valence-corrected chi connectivity index (χ0v) is 16.1. The van der Waals surface area contributed by atoms with Crippen LogP contribution in [-0.2, 0) is 17.1 Å². The van der Waals surface area contributed by atoms with Crippen LogP contribution in [0.3, 0.4) is 0 Å². The largest absolute Gasteiger partial charge is 0.497 e. The molecule has 2 aromatic rings. The molecule has 0 atom stereocenters. The molecule has 0 aliphatic rings. The maximum absolute atomic E-state index is 12.0. The van der Waals surface area contributed by atoms with Crippen molar-refractivity contribution in [1.29, 1.82) is 0 Å². The van der Waals surface area contributed by atoms with E-state index < -0.39 is 0 Å². The minimum Gasteiger partial charge on any atom is -0.497 e. The number of thioether (sulfide) groups is 1. The maximum Gasteiger partial charge on any atom is 0.230 e. The summed E-state index contributed by atoms with van der Waals surface area (Å²) in [5.74, 6) is 2.79. The van der Waals surface area contributed by atoms with E-state index in [0.29, 0.717) is 12.3 Å². The lowest BCUT2D eigenvalue weighted by molar-refractivity contribution is -0.118. The summed E-state index contributed by atoms with van der Waals surface area (Å²) in [4.78, 5) is 12.0. The monoisotopic (exact) mass is 409 g/mol. The quantitative estimate of drug-likeness (QED) is 0.714. The van der Waals surface area contributed by atoms with Gasteiger partial charge in [-0.25, -0.2) is 0 Å². The highest BCUT2D eigenvalue weighted by molar-refractivity contribution is 9.10. The van der Waals surface area contributed by atoms with Crippen LogP contribution in [0.1, 0.15) is 11.1 Å². The number of amides is 1. The molecular formula is C18H20BrNO3S. The second kappa shape index (κ2) is 9.59. The van der Waals surface area contributed by atoms with Gasteiger partial charge in [0.2, 0.25) is 5.91 Å². The van der Waals surface area contributed by atoms with E-state index in [4.69, 9.17) is 9.47 Å². The smallest absolute Gasteiger partial charge is 0.230 e. The van der Waals surface area contributed by atoms with E-state index in [1.54, 1.807) is 26.0 Å². The minimum atomic E-state index is 0.0183. The summed E-state index contributed by atoms with van der Waals surface area (Å²) in [7, 11) is 3.28. The minimum absolute atomic E-state index is 0.0183. The molecule has 0 aliphatic carbocycles. The first-order chi connectivity index (χ1) is 11.6. The predicted octanol–water partition coefficient (Wildman–Crippen LogP) is 4.02. The third kappa shape index (κ3) is 5.76. The fourth-order valence-electron chi connectivity index (χ4n) is 2.11. The Morgan fingerprint density at radius 1 is 1.12 bits per heavy atom. The summed E-state index contributed by atoms with van der Waals surface area (Å²) < 4.78 is 11.5. The maximum atomic E-state index is 12.0. The van der Waals surface area contributed by atoms with Crippen LogP contribution in [0.15, 0.2) is 46.9 Å². The molecule has 0 saturated heterocycles. The Bertz CT molecular complexity index is 676. The lowest BCUT2D eigenvalue weighted by atomic mass is 10.2. The van der Waals surface area contributed by atoms with Crippen LogP contribution in [0.5, 0.6) is 11.5 Å². The molecule has 24 heavy (non-hydrogen) atoms. The van der Waals surface area contributed by atoms with Crippen LogP contribution < -0.4 is 14.8 Å². The number of carbonyl (C=O) groups excluding carboxylic acids is 1. The molecular weight excluding hydrogens is 390 g/mol. The summed E-state index contributed by atoms with van der Waals surface area (Å²) in [6, 6.07) is 13.5. The van der Waals surface area contributed by atoms with Gasteiger partial charge in [0, 0.05) is 22.3 Å². The van der Waals surface area contributed by atoms with Crippen molar-refractivity contribution in [3.8, 4) is 11.5 Å². The third-order valence-electron chi connectivity index (χ3n) is 3.38. The number of hydrogen-bond donors (Lipinski definition) is 1. The summed E-state index contributed by atoms with van der Waals surface area (Å²) >= 11 is 5.02. The number of rotatable bonds is 8. The molecule has 0 bridgehead atoms. The molecule has 128 valence electrons. The lowest BCUT2D eigenvalue weighted by Crippen LogP contribution is -2.24. The number of nitrogens with one attached hydrogen (secondary N) is 1.